The van der Waals surface area contributed by atoms with Crippen molar-refractivity contribution in [3.8, 4) is 0 Å². The van der Waals surface area contributed by atoms with Gasteiger partial charge >= 0.3 is 0 Å². The van der Waals surface area contributed by atoms with Crippen LogP contribution in [-0.4, -0.2) is 17.8 Å². The summed E-state index contributed by atoms with van der Waals surface area (Å²) in [5.41, 5.74) is 0. The van der Waals surface area contributed by atoms with Crippen molar-refractivity contribution in [1.29, 1.82) is 0 Å². The van der Waals surface area contributed by atoms with Gasteiger partial charge in [0.05, 0.1) is 5.25 Å². The molecule has 0 saturated carbocycles. The molecule has 1 unspecified atom stereocenters. The summed E-state index contributed by atoms with van der Waals surface area (Å²) >= 11 is 1.34. The zero-order valence-corrected chi connectivity index (χ0v) is 4.52. The highest BCUT2D eigenvalue weighted by Gasteiger charge is 2.08. The first kappa shape index (κ1) is 4.84. The molecule has 0 spiro atoms. The summed E-state index contributed by atoms with van der Waals surface area (Å²) in [5, 5.41) is 0.111. The molecular formula is C4H5NOS. The Morgan fingerprint density at radius 3 is 3.14 bits per heavy atom. The molecule has 0 fully saturated rings. The molecule has 0 N–H and O–H groups in total. The molecule has 1 aliphatic rings. The van der Waals surface area contributed by atoms with Crippen LogP contribution in [0.4, 0.5) is 0 Å². The lowest BCUT2D eigenvalue weighted by Crippen LogP contribution is -1.96. The molecule has 0 radical (unpaired) electrons. The summed E-state index contributed by atoms with van der Waals surface area (Å²) in [6, 6.07) is 0. The Hall–Kier alpha value is -0.310. The molecule has 2 nitrogen and oxygen atoms in total. The number of hydrogen-bond acceptors (Lipinski definition) is 3. The summed E-state index contributed by atoms with van der Waals surface area (Å²) in [6.07, 6.45) is 3.51. The van der Waals surface area contributed by atoms with Gasteiger partial charge in [-0.2, -0.15) is 0 Å². The minimum Gasteiger partial charge on any atom is -0.302 e. The molecule has 0 aliphatic carbocycles. The molecule has 1 heterocycles. The molecule has 0 bridgehead atoms. The van der Waals surface area contributed by atoms with Crippen LogP contribution in [0.2, 0.25) is 0 Å². The van der Waals surface area contributed by atoms with Gasteiger partial charge in [-0.1, -0.05) is 0 Å². The first-order chi connectivity index (χ1) is 3.43. The smallest absolute Gasteiger partial charge is 0.135 e. The predicted molar refractivity (Wildman–Crippen MR) is 30.6 cm³/mol. The zero-order valence-electron chi connectivity index (χ0n) is 3.70. The standard InChI is InChI=1S/C4H5NOS/c6-3-4-1-2-5-7-4/h2-4H,1H2. The Morgan fingerprint density at radius 1 is 2.00 bits per heavy atom. The van der Waals surface area contributed by atoms with Crippen molar-refractivity contribution >= 4 is 24.4 Å². The van der Waals surface area contributed by atoms with E-state index in [9.17, 15) is 4.79 Å². The maximum Gasteiger partial charge on any atom is 0.135 e. The molecule has 7 heavy (non-hydrogen) atoms. The normalized spacial score (nSPS) is 28.3. The lowest BCUT2D eigenvalue weighted by molar-refractivity contribution is -0.107. The van der Waals surface area contributed by atoms with Gasteiger partial charge in [0.25, 0.3) is 0 Å². The van der Waals surface area contributed by atoms with E-state index in [4.69, 9.17) is 0 Å². The van der Waals surface area contributed by atoms with Gasteiger partial charge in [0.15, 0.2) is 0 Å². The van der Waals surface area contributed by atoms with Crippen LogP contribution < -0.4 is 0 Å². The maximum atomic E-state index is 9.91. The third kappa shape index (κ3) is 1.03. The van der Waals surface area contributed by atoms with Gasteiger partial charge in [0.2, 0.25) is 0 Å². The molecule has 1 atom stereocenters. The summed E-state index contributed by atoms with van der Waals surface area (Å²) in [6.45, 7) is 0. The van der Waals surface area contributed by atoms with E-state index < -0.39 is 0 Å². The van der Waals surface area contributed by atoms with E-state index in [2.05, 4.69) is 4.40 Å². The van der Waals surface area contributed by atoms with Crippen molar-refractivity contribution in [3.63, 3.8) is 0 Å². The monoisotopic (exact) mass is 115 g/mol. The summed E-state index contributed by atoms with van der Waals surface area (Å²) in [5.74, 6) is 0. The number of carbonyl (C=O) groups is 1. The van der Waals surface area contributed by atoms with Crippen LogP contribution in [0.5, 0.6) is 0 Å². The predicted octanol–water partition coefficient (Wildman–Crippen LogP) is 0.677. The van der Waals surface area contributed by atoms with Crippen LogP contribution in [-0.2, 0) is 4.79 Å². The fraction of sp³-hybridized carbons (Fsp3) is 0.500. The fourth-order valence-corrected chi connectivity index (χ4v) is 0.942. The van der Waals surface area contributed by atoms with Gasteiger partial charge < -0.3 is 4.79 Å². The highest BCUT2D eigenvalue weighted by Crippen LogP contribution is 2.17. The average Bonchev–Trinajstić information content (AvgIpc) is 2.14. The van der Waals surface area contributed by atoms with Crippen molar-refractivity contribution in [2.75, 3.05) is 0 Å². The molecule has 1 rings (SSSR count). The second kappa shape index (κ2) is 2.12. The van der Waals surface area contributed by atoms with Crippen LogP contribution in [0.1, 0.15) is 6.42 Å². The maximum absolute atomic E-state index is 9.91. The van der Waals surface area contributed by atoms with Crippen molar-refractivity contribution in [1.82, 2.24) is 0 Å². The second-order valence-electron chi connectivity index (χ2n) is 1.30. The van der Waals surface area contributed by atoms with Gasteiger partial charge in [-0.15, -0.1) is 0 Å². The third-order valence-corrected chi connectivity index (χ3v) is 1.61. The minimum absolute atomic E-state index is 0.111. The van der Waals surface area contributed by atoms with Gasteiger partial charge in [-0.3, -0.25) is 0 Å². The van der Waals surface area contributed by atoms with Crippen LogP contribution in [0.25, 0.3) is 0 Å². The molecule has 0 aromatic rings. The van der Waals surface area contributed by atoms with Gasteiger partial charge in [0, 0.05) is 12.6 Å². The van der Waals surface area contributed by atoms with Crippen molar-refractivity contribution in [2.24, 2.45) is 4.40 Å². The molecule has 0 aromatic carbocycles. The Morgan fingerprint density at radius 2 is 2.86 bits per heavy atom. The Kier molecular flexibility index (Phi) is 1.46. The average molecular weight is 115 g/mol. The molecule has 0 aromatic heterocycles. The molecule has 0 saturated heterocycles. The first-order valence-electron chi connectivity index (χ1n) is 2.06. The van der Waals surface area contributed by atoms with Crippen molar-refractivity contribution < 1.29 is 4.79 Å². The van der Waals surface area contributed by atoms with E-state index in [-0.39, 0.29) is 5.25 Å². The summed E-state index contributed by atoms with van der Waals surface area (Å²) in [4.78, 5) is 9.91. The zero-order chi connectivity index (χ0) is 5.11. The van der Waals surface area contributed by atoms with E-state index in [0.717, 1.165) is 12.7 Å². The number of rotatable bonds is 1. The number of carbonyl (C=O) groups excluding carboxylic acids is 1. The number of hydrogen-bond donors (Lipinski definition) is 0. The lowest BCUT2D eigenvalue weighted by atomic mass is 10.3. The Bertz CT molecular complexity index is 93.9. The van der Waals surface area contributed by atoms with Crippen molar-refractivity contribution in [2.45, 2.75) is 11.7 Å². The summed E-state index contributed by atoms with van der Waals surface area (Å²) in [7, 11) is 0. The SMILES string of the molecule is O=CC1CC=NS1. The van der Waals surface area contributed by atoms with E-state index >= 15 is 0 Å². The number of aldehydes is 1. The van der Waals surface area contributed by atoms with Crippen LogP contribution >= 0.6 is 11.9 Å². The topological polar surface area (TPSA) is 29.4 Å². The van der Waals surface area contributed by atoms with Gasteiger partial charge in [-0.25, -0.2) is 4.40 Å². The first-order valence-corrected chi connectivity index (χ1v) is 2.90. The van der Waals surface area contributed by atoms with E-state index in [1.54, 1.807) is 6.21 Å². The van der Waals surface area contributed by atoms with Gasteiger partial charge in [-0.05, 0) is 11.9 Å². The second-order valence-corrected chi connectivity index (χ2v) is 2.33. The van der Waals surface area contributed by atoms with E-state index in [0.29, 0.717) is 0 Å². The lowest BCUT2D eigenvalue weighted by Gasteiger charge is -1.87. The van der Waals surface area contributed by atoms with Gasteiger partial charge in [0.1, 0.15) is 6.29 Å². The van der Waals surface area contributed by atoms with E-state index in [1.165, 1.54) is 11.9 Å². The Labute approximate surface area is 46.1 Å². The largest absolute Gasteiger partial charge is 0.302 e. The molecular weight excluding hydrogens is 110 g/mol. The quantitative estimate of drug-likeness (QED) is 0.371. The number of nitrogens with zero attached hydrogens (tertiary/aromatic N) is 1. The van der Waals surface area contributed by atoms with Crippen LogP contribution in [0.3, 0.4) is 0 Å². The fourth-order valence-electron chi connectivity index (χ4n) is 0.392. The molecule has 0 amide bonds. The third-order valence-electron chi connectivity index (χ3n) is 0.760. The summed E-state index contributed by atoms with van der Waals surface area (Å²) < 4.78 is 3.80. The minimum atomic E-state index is 0.111. The highest BCUT2D eigenvalue weighted by atomic mass is 32.2. The van der Waals surface area contributed by atoms with Crippen LogP contribution in [0, 0.1) is 0 Å². The Balaban J connectivity index is 2.35. The molecule has 1 aliphatic heterocycles. The highest BCUT2D eigenvalue weighted by molar-refractivity contribution is 7.99. The molecule has 3 heteroatoms. The van der Waals surface area contributed by atoms with E-state index in [1.807, 2.05) is 0 Å². The van der Waals surface area contributed by atoms with Crippen molar-refractivity contribution in [3.05, 3.63) is 0 Å². The molecule has 38 valence electrons. The van der Waals surface area contributed by atoms with Crippen LogP contribution in [0.15, 0.2) is 4.40 Å².